The van der Waals surface area contributed by atoms with Crippen molar-refractivity contribution in [2.75, 3.05) is 25.7 Å². The molecule has 100 valence electrons. The summed E-state index contributed by atoms with van der Waals surface area (Å²) in [5.41, 5.74) is -0.872. The van der Waals surface area contributed by atoms with Gasteiger partial charge in [-0.2, -0.15) is 0 Å². The van der Waals surface area contributed by atoms with Crippen molar-refractivity contribution < 1.29 is 23.0 Å². The summed E-state index contributed by atoms with van der Waals surface area (Å²) >= 11 is 0. The van der Waals surface area contributed by atoms with E-state index >= 15 is 0 Å². The van der Waals surface area contributed by atoms with Gasteiger partial charge in [0.15, 0.2) is 9.84 Å². The van der Waals surface area contributed by atoms with E-state index in [4.69, 9.17) is 9.47 Å². The molecule has 1 aliphatic rings. The Morgan fingerprint density at radius 1 is 1.28 bits per heavy atom. The summed E-state index contributed by atoms with van der Waals surface area (Å²) in [6, 6.07) is 4.97. The lowest BCUT2D eigenvalue weighted by Crippen LogP contribution is -2.27. The van der Waals surface area contributed by atoms with Crippen LogP contribution in [0.5, 0.6) is 11.5 Å². The van der Waals surface area contributed by atoms with E-state index in [0.717, 1.165) is 0 Å². The van der Waals surface area contributed by atoms with Crippen LogP contribution in [0.4, 0.5) is 0 Å². The van der Waals surface area contributed by atoms with E-state index in [2.05, 4.69) is 0 Å². The molecule has 1 fully saturated rings. The van der Waals surface area contributed by atoms with Crippen LogP contribution in [0.2, 0.25) is 0 Å². The number of methoxy groups -OCH3 is 2. The number of benzene rings is 1. The van der Waals surface area contributed by atoms with Crippen molar-refractivity contribution in [1.82, 2.24) is 0 Å². The van der Waals surface area contributed by atoms with E-state index in [9.17, 15) is 13.5 Å². The zero-order valence-corrected chi connectivity index (χ0v) is 11.2. The van der Waals surface area contributed by atoms with Gasteiger partial charge in [0.25, 0.3) is 0 Å². The minimum atomic E-state index is -3.18. The van der Waals surface area contributed by atoms with Gasteiger partial charge in [-0.25, -0.2) is 8.42 Å². The van der Waals surface area contributed by atoms with Gasteiger partial charge >= 0.3 is 0 Å². The molecule has 2 rings (SSSR count). The van der Waals surface area contributed by atoms with Gasteiger partial charge in [0.2, 0.25) is 0 Å². The third-order valence-corrected chi connectivity index (χ3v) is 4.94. The Bertz CT molecular complexity index is 552. The number of hydrogen-bond donors (Lipinski definition) is 1. The quantitative estimate of drug-likeness (QED) is 0.877. The smallest absolute Gasteiger partial charge is 0.153 e. The zero-order chi connectivity index (χ0) is 13.4. The second-order valence-electron chi connectivity index (χ2n) is 4.44. The predicted octanol–water partition coefficient (Wildman–Crippen LogP) is 0.710. The van der Waals surface area contributed by atoms with Crippen LogP contribution in [0, 0.1) is 0 Å². The summed E-state index contributed by atoms with van der Waals surface area (Å²) in [5, 5.41) is 10.5. The lowest BCUT2D eigenvalue weighted by Gasteiger charge is -2.23. The molecular weight excluding hydrogens is 256 g/mol. The Morgan fingerprint density at radius 2 is 2.00 bits per heavy atom. The topological polar surface area (TPSA) is 72.8 Å². The maximum atomic E-state index is 11.5. The molecular formula is C12H16O5S. The molecule has 1 N–H and O–H groups in total. The molecule has 0 radical (unpaired) electrons. The number of ether oxygens (including phenoxy) is 2. The van der Waals surface area contributed by atoms with E-state index in [-0.39, 0.29) is 17.9 Å². The molecule has 0 aromatic heterocycles. The highest BCUT2D eigenvalue weighted by atomic mass is 32.2. The average Bonchev–Trinajstić information content (AvgIpc) is 2.63. The van der Waals surface area contributed by atoms with Crippen LogP contribution < -0.4 is 9.47 Å². The summed E-state index contributed by atoms with van der Waals surface area (Å²) in [5.74, 6) is 0.774. The first kappa shape index (κ1) is 13.2. The highest BCUT2D eigenvalue weighted by Crippen LogP contribution is 2.39. The SMILES string of the molecule is COc1ccc(C2(O)CCS(=O)(=O)C2)c(OC)c1. The van der Waals surface area contributed by atoms with Crippen molar-refractivity contribution in [2.24, 2.45) is 0 Å². The van der Waals surface area contributed by atoms with Gasteiger partial charge in [0, 0.05) is 11.6 Å². The molecule has 1 aromatic carbocycles. The molecule has 18 heavy (non-hydrogen) atoms. The van der Waals surface area contributed by atoms with Crippen molar-refractivity contribution in [3.05, 3.63) is 23.8 Å². The fourth-order valence-electron chi connectivity index (χ4n) is 2.23. The third kappa shape index (κ3) is 2.30. The van der Waals surface area contributed by atoms with E-state index in [1.807, 2.05) is 0 Å². The van der Waals surface area contributed by atoms with Crippen LogP contribution in [-0.2, 0) is 15.4 Å². The molecule has 1 unspecified atom stereocenters. The van der Waals surface area contributed by atoms with Gasteiger partial charge in [-0.1, -0.05) is 0 Å². The predicted molar refractivity (Wildman–Crippen MR) is 66.7 cm³/mol. The maximum Gasteiger partial charge on any atom is 0.153 e. The summed E-state index contributed by atoms with van der Waals surface area (Å²) in [4.78, 5) is 0. The second kappa shape index (κ2) is 4.44. The van der Waals surface area contributed by atoms with Crippen molar-refractivity contribution in [3.8, 4) is 11.5 Å². The van der Waals surface area contributed by atoms with Gasteiger partial charge in [0.05, 0.1) is 25.7 Å². The number of aliphatic hydroxyl groups is 1. The third-order valence-electron chi connectivity index (χ3n) is 3.20. The van der Waals surface area contributed by atoms with E-state index in [1.165, 1.54) is 14.2 Å². The lowest BCUT2D eigenvalue weighted by atomic mass is 9.92. The van der Waals surface area contributed by atoms with Crippen LogP contribution >= 0.6 is 0 Å². The normalized spacial score (nSPS) is 25.9. The second-order valence-corrected chi connectivity index (χ2v) is 6.62. The molecule has 1 aromatic rings. The van der Waals surface area contributed by atoms with Crippen molar-refractivity contribution >= 4 is 9.84 Å². The number of hydrogen-bond acceptors (Lipinski definition) is 5. The first-order valence-electron chi connectivity index (χ1n) is 5.55. The minimum absolute atomic E-state index is 0.00131. The fraction of sp³-hybridized carbons (Fsp3) is 0.500. The highest BCUT2D eigenvalue weighted by molar-refractivity contribution is 7.91. The standard InChI is InChI=1S/C12H16O5S/c1-16-9-3-4-10(11(7-9)17-2)12(13)5-6-18(14,15)8-12/h3-4,7,13H,5-6,8H2,1-2H3. The number of sulfone groups is 1. The zero-order valence-electron chi connectivity index (χ0n) is 10.3. The van der Waals surface area contributed by atoms with Crippen LogP contribution in [0.25, 0.3) is 0 Å². The van der Waals surface area contributed by atoms with Crippen molar-refractivity contribution in [3.63, 3.8) is 0 Å². The molecule has 6 heteroatoms. The molecule has 0 bridgehead atoms. The molecule has 5 nitrogen and oxygen atoms in total. The Balaban J connectivity index is 2.45. The Kier molecular flexibility index (Phi) is 3.25. The molecule has 1 heterocycles. The van der Waals surface area contributed by atoms with Gasteiger partial charge in [-0.3, -0.25) is 0 Å². The molecule has 0 amide bonds. The number of rotatable bonds is 3. The maximum absolute atomic E-state index is 11.5. The van der Waals surface area contributed by atoms with Gasteiger partial charge in [-0.05, 0) is 18.6 Å². The monoisotopic (exact) mass is 272 g/mol. The molecule has 0 aliphatic carbocycles. The Morgan fingerprint density at radius 3 is 2.50 bits per heavy atom. The van der Waals surface area contributed by atoms with Crippen LogP contribution in [0.1, 0.15) is 12.0 Å². The lowest BCUT2D eigenvalue weighted by molar-refractivity contribution is 0.0625. The minimum Gasteiger partial charge on any atom is -0.497 e. The first-order valence-corrected chi connectivity index (χ1v) is 7.38. The molecule has 0 spiro atoms. The van der Waals surface area contributed by atoms with Crippen molar-refractivity contribution in [2.45, 2.75) is 12.0 Å². The molecule has 0 saturated carbocycles. The van der Waals surface area contributed by atoms with E-state index < -0.39 is 15.4 Å². The Hall–Kier alpha value is -1.27. The van der Waals surface area contributed by atoms with Gasteiger partial charge < -0.3 is 14.6 Å². The summed E-state index contributed by atoms with van der Waals surface area (Å²) in [6.45, 7) is 0. The Labute approximate surface area is 106 Å². The molecule has 1 saturated heterocycles. The van der Waals surface area contributed by atoms with E-state index in [1.54, 1.807) is 18.2 Å². The van der Waals surface area contributed by atoms with Gasteiger partial charge in [-0.15, -0.1) is 0 Å². The fourth-order valence-corrected chi connectivity index (χ4v) is 4.05. The highest BCUT2D eigenvalue weighted by Gasteiger charge is 2.43. The van der Waals surface area contributed by atoms with Crippen molar-refractivity contribution in [1.29, 1.82) is 0 Å². The average molecular weight is 272 g/mol. The summed E-state index contributed by atoms with van der Waals surface area (Å²) in [7, 11) is -0.171. The first-order chi connectivity index (χ1) is 8.40. The van der Waals surface area contributed by atoms with Crippen LogP contribution in [0.3, 0.4) is 0 Å². The van der Waals surface area contributed by atoms with Crippen LogP contribution in [-0.4, -0.2) is 39.2 Å². The van der Waals surface area contributed by atoms with Gasteiger partial charge in [0.1, 0.15) is 17.1 Å². The molecule has 1 aliphatic heterocycles. The summed E-state index contributed by atoms with van der Waals surface area (Å²) in [6.07, 6.45) is 0.192. The van der Waals surface area contributed by atoms with E-state index in [0.29, 0.717) is 17.1 Å². The van der Waals surface area contributed by atoms with Crippen LogP contribution in [0.15, 0.2) is 18.2 Å². The largest absolute Gasteiger partial charge is 0.497 e. The summed E-state index contributed by atoms with van der Waals surface area (Å²) < 4.78 is 33.3. The molecule has 1 atom stereocenters.